The molecule has 1 heterocycles. The van der Waals surface area contributed by atoms with Gasteiger partial charge in [0.25, 0.3) is 0 Å². The predicted molar refractivity (Wildman–Crippen MR) is 57.7 cm³/mol. The second kappa shape index (κ2) is 9.89. The van der Waals surface area contributed by atoms with E-state index in [9.17, 15) is 0 Å². The Labute approximate surface area is 101 Å². The Morgan fingerprint density at radius 1 is 1.46 bits per heavy atom. The molecule has 0 fully saturated rings. The van der Waals surface area contributed by atoms with E-state index in [4.69, 9.17) is 0 Å². The Balaban J connectivity index is -0.000000333. The Kier molecular flexibility index (Phi) is 14.1. The molecule has 0 saturated heterocycles. The second-order valence-corrected chi connectivity index (χ2v) is 2.12. The molecule has 2 nitrogen and oxygen atoms in total. The van der Waals surface area contributed by atoms with Crippen molar-refractivity contribution in [1.29, 1.82) is 0 Å². The van der Waals surface area contributed by atoms with Crippen LogP contribution < -0.4 is 27.7 Å². The summed E-state index contributed by atoms with van der Waals surface area (Å²) in [7, 11) is 0. The molecule has 0 spiro atoms. The van der Waals surface area contributed by atoms with E-state index >= 15 is 0 Å². The standard InChI is InChI=1S/C9H12N.2BrH.H3N/c1-3-9-7-5-6-8-10(9)4-2;;;/h3,5-8H,1,4H2,2H3;2*1H;1H3/q+1;;;/p-1. The van der Waals surface area contributed by atoms with Gasteiger partial charge >= 0.3 is 0 Å². The summed E-state index contributed by atoms with van der Waals surface area (Å²) >= 11 is 0. The van der Waals surface area contributed by atoms with Crippen molar-refractivity contribution in [1.82, 2.24) is 6.15 Å². The van der Waals surface area contributed by atoms with Gasteiger partial charge in [-0.1, -0.05) is 6.58 Å². The van der Waals surface area contributed by atoms with Crippen molar-refractivity contribution in [2.45, 2.75) is 13.5 Å². The van der Waals surface area contributed by atoms with Crippen LogP contribution in [0.3, 0.4) is 0 Å². The van der Waals surface area contributed by atoms with Gasteiger partial charge in [0.15, 0.2) is 6.20 Å². The molecule has 0 bridgehead atoms. The molecule has 1 rings (SSSR count). The summed E-state index contributed by atoms with van der Waals surface area (Å²) in [6.45, 7) is 6.84. The van der Waals surface area contributed by atoms with E-state index in [-0.39, 0.29) is 40.1 Å². The maximum absolute atomic E-state index is 3.72. The second-order valence-electron chi connectivity index (χ2n) is 2.12. The van der Waals surface area contributed by atoms with Gasteiger partial charge in [0, 0.05) is 18.2 Å². The monoisotopic (exact) mass is 310 g/mol. The summed E-state index contributed by atoms with van der Waals surface area (Å²) in [5.41, 5.74) is 1.17. The van der Waals surface area contributed by atoms with Crippen LogP contribution in [0.4, 0.5) is 0 Å². The molecule has 76 valence electrons. The van der Waals surface area contributed by atoms with E-state index in [0.29, 0.717) is 0 Å². The zero-order chi connectivity index (χ0) is 7.40. The number of hydrogen-bond acceptors (Lipinski definition) is 1. The molecular weight excluding hydrogens is 296 g/mol. The average Bonchev–Trinajstić information content (AvgIpc) is 2.04. The van der Waals surface area contributed by atoms with Crippen LogP contribution in [0.1, 0.15) is 12.6 Å². The van der Waals surface area contributed by atoms with E-state index < -0.39 is 0 Å². The van der Waals surface area contributed by atoms with E-state index in [1.807, 2.05) is 18.2 Å². The van der Waals surface area contributed by atoms with Crippen molar-refractivity contribution >= 4 is 23.1 Å². The van der Waals surface area contributed by atoms with Crippen molar-refractivity contribution in [3.63, 3.8) is 0 Å². The molecule has 1 aromatic rings. The number of rotatable bonds is 2. The van der Waals surface area contributed by atoms with Crippen LogP contribution >= 0.6 is 17.0 Å². The summed E-state index contributed by atoms with van der Waals surface area (Å²) < 4.78 is 2.15. The number of halogens is 2. The quantitative estimate of drug-likeness (QED) is 0.727. The van der Waals surface area contributed by atoms with Gasteiger partial charge in [-0.2, -0.15) is 4.57 Å². The third-order valence-electron chi connectivity index (χ3n) is 1.53. The molecule has 0 aliphatic carbocycles. The zero-order valence-electron chi connectivity index (χ0n) is 7.74. The van der Waals surface area contributed by atoms with E-state index in [1.54, 1.807) is 0 Å². The van der Waals surface area contributed by atoms with E-state index in [2.05, 4.69) is 30.3 Å². The molecule has 3 N–H and O–H groups in total. The maximum atomic E-state index is 3.72. The SMILES string of the molecule is Br.C=Cc1cccc[n+]1CC.N.[Br-]. The zero-order valence-corrected chi connectivity index (χ0v) is 11.0. The minimum Gasteiger partial charge on any atom is -1.00 e. The highest BCUT2D eigenvalue weighted by molar-refractivity contribution is 8.93. The third kappa shape index (κ3) is 5.18. The molecule has 1 aromatic heterocycles. The van der Waals surface area contributed by atoms with Gasteiger partial charge in [-0.05, 0) is 13.0 Å². The van der Waals surface area contributed by atoms with Crippen LogP contribution in [0.25, 0.3) is 6.08 Å². The lowest BCUT2D eigenvalue weighted by Gasteiger charge is -1.93. The number of aromatic nitrogens is 1. The molecule has 0 aromatic carbocycles. The summed E-state index contributed by atoms with van der Waals surface area (Å²) in [5.74, 6) is 0. The highest BCUT2D eigenvalue weighted by Gasteiger charge is 1.99. The number of hydrogen-bond donors (Lipinski definition) is 1. The first-order valence-corrected chi connectivity index (χ1v) is 3.49. The van der Waals surface area contributed by atoms with Crippen molar-refractivity contribution in [2.75, 3.05) is 0 Å². The first-order valence-electron chi connectivity index (χ1n) is 3.49. The van der Waals surface area contributed by atoms with Crippen LogP contribution in [-0.4, -0.2) is 0 Å². The Bertz CT molecular complexity index is 239. The fourth-order valence-electron chi connectivity index (χ4n) is 0.963. The lowest BCUT2D eigenvalue weighted by Crippen LogP contribution is -3.00. The third-order valence-corrected chi connectivity index (χ3v) is 1.53. The summed E-state index contributed by atoms with van der Waals surface area (Å²) in [4.78, 5) is 0. The molecule has 0 radical (unpaired) electrons. The maximum Gasteiger partial charge on any atom is 0.204 e. The molecule has 0 unspecified atom stereocenters. The summed E-state index contributed by atoms with van der Waals surface area (Å²) in [5, 5.41) is 0. The van der Waals surface area contributed by atoms with Gasteiger partial charge in [0.05, 0.1) is 0 Å². The minimum atomic E-state index is 0. The fourth-order valence-corrected chi connectivity index (χ4v) is 0.963. The van der Waals surface area contributed by atoms with Crippen molar-refractivity contribution in [3.05, 3.63) is 36.7 Å². The Morgan fingerprint density at radius 3 is 2.46 bits per heavy atom. The Hall–Kier alpha value is -0.190. The van der Waals surface area contributed by atoms with Gasteiger partial charge in [-0.15, -0.1) is 17.0 Å². The highest BCUT2D eigenvalue weighted by Crippen LogP contribution is 1.91. The fraction of sp³-hybridized carbons (Fsp3) is 0.222. The predicted octanol–water partition coefficient (Wildman–Crippen LogP) is -0.619. The topological polar surface area (TPSA) is 38.9 Å². The van der Waals surface area contributed by atoms with Crippen molar-refractivity contribution in [2.24, 2.45) is 0 Å². The van der Waals surface area contributed by atoms with E-state index in [0.717, 1.165) is 6.54 Å². The summed E-state index contributed by atoms with van der Waals surface area (Å²) in [6.07, 6.45) is 3.92. The lowest BCUT2D eigenvalue weighted by atomic mass is 10.3. The molecule has 13 heavy (non-hydrogen) atoms. The molecule has 4 heteroatoms. The molecule has 0 aliphatic heterocycles. The number of aryl methyl sites for hydroxylation is 1. The molecule has 0 saturated carbocycles. The van der Waals surface area contributed by atoms with Gasteiger partial charge < -0.3 is 23.1 Å². The first-order chi connectivity index (χ1) is 4.88. The van der Waals surface area contributed by atoms with Crippen LogP contribution in [0, 0.1) is 0 Å². The highest BCUT2D eigenvalue weighted by atomic mass is 79.9. The van der Waals surface area contributed by atoms with Gasteiger partial charge in [-0.3, -0.25) is 0 Å². The normalized spacial score (nSPS) is 7.15. The lowest BCUT2D eigenvalue weighted by molar-refractivity contribution is -0.695. The largest absolute Gasteiger partial charge is 1.00 e. The van der Waals surface area contributed by atoms with Crippen molar-refractivity contribution in [3.8, 4) is 0 Å². The van der Waals surface area contributed by atoms with Crippen LogP contribution in [0.5, 0.6) is 0 Å². The summed E-state index contributed by atoms with van der Waals surface area (Å²) in [6, 6.07) is 6.09. The molecule has 0 amide bonds. The molecular formula is C9H16Br2N2. The van der Waals surface area contributed by atoms with Crippen LogP contribution in [0.2, 0.25) is 0 Å². The molecule has 0 aliphatic rings. The van der Waals surface area contributed by atoms with Gasteiger partial charge in [0.1, 0.15) is 6.54 Å². The van der Waals surface area contributed by atoms with Crippen molar-refractivity contribution < 1.29 is 21.5 Å². The number of nitrogens with zero attached hydrogens (tertiary/aromatic N) is 1. The Morgan fingerprint density at radius 2 is 2.08 bits per heavy atom. The smallest absolute Gasteiger partial charge is 0.204 e. The molecule has 0 atom stereocenters. The first kappa shape index (κ1) is 18.6. The van der Waals surface area contributed by atoms with Gasteiger partial charge in [0.2, 0.25) is 5.69 Å². The average molecular weight is 312 g/mol. The minimum absolute atomic E-state index is 0. The van der Waals surface area contributed by atoms with Crippen LogP contribution in [0.15, 0.2) is 31.0 Å². The van der Waals surface area contributed by atoms with E-state index in [1.165, 1.54) is 5.69 Å². The van der Waals surface area contributed by atoms with Gasteiger partial charge in [-0.25, -0.2) is 0 Å². The van der Waals surface area contributed by atoms with Crippen LogP contribution in [-0.2, 0) is 6.54 Å². The number of pyridine rings is 1.